The van der Waals surface area contributed by atoms with E-state index in [0.717, 1.165) is 11.3 Å². The summed E-state index contributed by atoms with van der Waals surface area (Å²) >= 11 is 0. The molecule has 1 aromatic rings. The van der Waals surface area contributed by atoms with Gasteiger partial charge in [0.2, 0.25) is 5.91 Å². The van der Waals surface area contributed by atoms with Crippen LogP contribution in [0.15, 0.2) is 18.2 Å². The number of hydrogen-bond donors (Lipinski definition) is 1. The molecule has 0 aromatic heterocycles. The zero-order valence-electron chi connectivity index (χ0n) is 13.7. The topological polar surface area (TPSA) is 61.9 Å². The van der Waals surface area contributed by atoms with Crippen molar-refractivity contribution in [3.63, 3.8) is 0 Å². The van der Waals surface area contributed by atoms with Crippen LogP contribution in [0.1, 0.15) is 17.5 Å². The molecule has 2 fully saturated rings. The van der Waals surface area contributed by atoms with Gasteiger partial charge in [0.1, 0.15) is 0 Å². The molecule has 0 radical (unpaired) electrons. The molecule has 0 spiro atoms. The second kappa shape index (κ2) is 6.58. The molecule has 1 atom stereocenters. The molecule has 0 saturated carbocycles. The first-order valence-corrected chi connectivity index (χ1v) is 8.05. The maximum Gasteiger partial charge on any atom is 0.317 e. The molecule has 124 valence electrons. The third kappa shape index (κ3) is 3.47. The van der Waals surface area contributed by atoms with Gasteiger partial charge >= 0.3 is 6.03 Å². The number of ether oxygens (including phenoxy) is 1. The zero-order chi connectivity index (χ0) is 16.4. The Morgan fingerprint density at radius 2 is 1.96 bits per heavy atom. The summed E-state index contributed by atoms with van der Waals surface area (Å²) in [6, 6.07) is 5.77. The Kier molecular flexibility index (Phi) is 4.52. The van der Waals surface area contributed by atoms with E-state index in [-0.39, 0.29) is 18.0 Å². The van der Waals surface area contributed by atoms with Gasteiger partial charge in [-0.3, -0.25) is 4.79 Å². The van der Waals surface area contributed by atoms with Gasteiger partial charge in [0.15, 0.2) is 0 Å². The average molecular weight is 317 g/mol. The SMILES string of the molecule is Cc1ccc(N2C[C@@H](NC(=O)N3CCOCC3)CC2=O)cc1C. The van der Waals surface area contributed by atoms with E-state index in [1.807, 2.05) is 25.1 Å². The van der Waals surface area contributed by atoms with E-state index in [1.165, 1.54) is 5.56 Å². The van der Waals surface area contributed by atoms with Crippen LogP contribution in [0.4, 0.5) is 10.5 Å². The molecule has 2 aliphatic rings. The van der Waals surface area contributed by atoms with E-state index in [9.17, 15) is 9.59 Å². The monoisotopic (exact) mass is 317 g/mol. The minimum absolute atomic E-state index is 0.0560. The minimum atomic E-state index is -0.139. The largest absolute Gasteiger partial charge is 0.378 e. The molecule has 1 aromatic carbocycles. The van der Waals surface area contributed by atoms with Crippen LogP contribution >= 0.6 is 0 Å². The standard InChI is InChI=1S/C17H23N3O3/c1-12-3-4-15(9-13(12)2)20-11-14(10-16(20)21)18-17(22)19-5-7-23-8-6-19/h3-4,9,14H,5-8,10-11H2,1-2H3,(H,18,22)/t14-/m0/s1. The van der Waals surface area contributed by atoms with Crippen molar-refractivity contribution in [2.24, 2.45) is 0 Å². The van der Waals surface area contributed by atoms with E-state index >= 15 is 0 Å². The van der Waals surface area contributed by atoms with Gasteiger partial charge in [-0.2, -0.15) is 0 Å². The number of urea groups is 1. The van der Waals surface area contributed by atoms with Gasteiger partial charge in [0.05, 0.1) is 19.3 Å². The first kappa shape index (κ1) is 15.8. The summed E-state index contributed by atoms with van der Waals surface area (Å²) in [7, 11) is 0. The number of aryl methyl sites for hydroxylation is 2. The lowest BCUT2D eigenvalue weighted by molar-refractivity contribution is -0.117. The second-order valence-electron chi connectivity index (χ2n) is 6.22. The third-order valence-corrected chi connectivity index (χ3v) is 4.55. The highest BCUT2D eigenvalue weighted by Crippen LogP contribution is 2.24. The van der Waals surface area contributed by atoms with Gasteiger partial charge in [-0.15, -0.1) is 0 Å². The predicted molar refractivity (Wildman–Crippen MR) is 87.6 cm³/mol. The highest BCUT2D eigenvalue weighted by Gasteiger charge is 2.32. The second-order valence-corrected chi connectivity index (χ2v) is 6.22. The molecule has 23 heavy (non-hydrogen) atoms. The van der Waals surface area contributed by atoms with Crippen LogP contribution in [0.2, 0.25) is 0 Å². The van der Waals surface area contributed by atoms with Crippen LogP contribution in [0.3, 0.4) is 0 Å². The van der Waals surface area contributed by atoms with Crippen molar-refractivity contribution in [1.29, 1.82) is 0 Å². The number of nitrogens with zero attached hydrogens (tertiary/aromatic N) is 2. The molecule has 1 N–H and O–H groups in total. The molecule has 0 bridgehead atoms. The lowest BCUT2D eigenvalue weighted by Gasteiger charge is -2.28. The Labute approximate surface area is 136 Å². The number of anilines is 1. The van der Waals surface area contributed by atoms with Crippen molar-refractivity contribution in [2.75, 3.05) is 37.7 Å². The molecule has 2 aliphatic heterocycles. The minimum Gasteiger partial charge on any atom is -0.378 e. The highest BCUT2D eigenvalue weighted by molar-refractivity contribution is 5.96. The fourth-order valence-corrected chi connectivity index (χ4v) is 2.98. The predicted octanol–water partition coefficient (Wildman–Crippen LogP) is 1.45. The number of morpholine rings is 1. The average Bonchev–Trinajstić information content (AvgIpc) is 2.91. The summed E-state index contributed by atoms with van der Waals surface area (Å²) in [5, 5.41) is 2.97. The van der Waals surface area contributed by atoms with Crippen molar-refractivity contribution < 1.29 is 14.3 Å². The summed E-state index contributed by atoms with van der Waals surface area (Å²) < 4.78 is 5.25. The number of hydrogen-bond acceptors (Lipinski definition) is 3. The van der Waals surface area contributed by atoms with Crippen molar-refractivity contribution in [3.8, 4) is 0 Å². The van der Waals surface area contributed by atoms with Crippen LogP contribution in [0, 0.1) is 13.8 Å². The van der Waals surface area contributed by atoms with E-state index in [4.69, 9.17) is 4.74 Å². The fraction of sp³-hybridized carbons (Fsp3) is 0.529. The smallest absolute Gasteiger partial charge is 0.317 e. The Morgan fingerprint density at radius 3 is 2.65 bits per heavy atom. The Hall–Kier alpha value is -2.08. The lowest BCUT2D eigenvalue weighted by atomic mass is 10.1. The molecule has 0 unspecified atom stereocenters. The summed E-state index contributed by atoms with van der Waals surface area (Å²) in [5.41, 5.74) is 3.27. The van der Waals surface area contributed by atoms with Gasteiger partial charge in [0, 0.05) is 31.7 Å². The fourth-order valence-electron chi connectivity index (χ4n) is 2.98. The Bertz CT molecular complexity index is 611. The molecule has 3 amide bonds. The zero-order valence-corrected chi connectivity index (χ0v) is 13.7. The molecule has 3 rings (SSSR count). The van der Waals surface area contributed by atoms with Crippen LogP contribution < -0.4 is 10.2 Å². The molecule has 6 nitrogen and oxygen atoms in total. The number of rotatable bonds is 2. The molecule has 6 heteroatoms. The van der Waals surface area contributed by atoms with Gasteiger partial charge in [-0.1, -0.05) is 6.07 Å². The first-order valence-electron chi connectivity index (χ1n) is 8.05. The maximum absolute atomic E-state index is 12.3. The van der Waals surface area contributed by atoms with E-state index in [1.54, 1.807) is 9.80 Å². The van der Waals surface area contributed by atoms with Crippen LogP contribution in [-0.4, -0.2) is 55.7 Å². The molecule has 0 aliphatic carbocycles. The third-order valence-electron chi connectivity index (χ3n) is 4.55. The summed E-state index contributed by atoms with van der Waals surface area (Å²) in [6.45, 7) is 6.98. The Morgan fingerprint density at radius 1 is 1.22 bits per heavy atom. The highest BCUT2D eigenvalue weighted by atomic mass is 16.5. The number of amides is 3. The summed E-state index contributed by atoms with van der Waals surface area (Å²) in [4.78, 5) is 28.0. The van der Waals surface area contributed by atoms with Crippen molar-refractivity contribution in [2.45, 2.75) is 26.3 Å². The van der Waals surface area contributed by atoms with E-state index < -0.39 is 0 Å². The Balaban J connectivity index is 1.62. The summed E-state index contributed by atoms with van der Waals surface area (Å²) in [6.07, 6.45) is 0.350. The number of benzene rings is 1. The van der Waals surface area contributed by atoms with Crippen molar-refractivity contribution >= 4 is 17.6 Å². The van der Waals surface area contributed by atoms with Gasteiger partial charge in [0.25, 0.3) is 0 Å². The lowest BCUT2D eigenvalue weighted by Crippen LogP contribution is -2.49. The number of carbonyl (C=O) groups excluding carboxylic acids is 2. The van der Waals surface area contributed by atoms with E-state index in [0.29, 0.717) is 39.3 Å². The quantitative estimate of drug-likeness (QED) is 0.898. The normalized spacial score (nSPS) is 21.7. The van der Waals surface area contributed by atoms with Crippen LogP contribution in [0.25, 0.3) is 0 Å². The molecular formula is C17H23N3O3. The summed E-state index contributed by atoms with van der Waals surface area (Å²) in [5.74, 6) is 0.0560. The van der Waals surface area contributed by atoms with Crippen molar-refractivity contribution in [3.05, 3.63) is 29.3 Å². The molecular weight excluding hydrogens is 294 g/mol. The van der Waals surface area contributed by atoms with E-state index in [2.05, 4.69) is 12.2 Å². The van der Waals surface area contributed by atoms with Crippen LogP contribution in [0.5, 0.6) is 0 Å². The van der Waals surface area contributed by atoms with Crippen LogP contribution in [-0.2, 0) is 9.53 Å². The first-order chi connectivity index (χ1) is 11.0. The number of nitrogens with one attached hydrogen (secondary N) is 1. The molecule has 2 heterocycles. The van der Waals surface area contributed by atoms with Gasteiger partial charge in [-0.25, -0.2) is 4.79 Å². The van der Waals surface area contributed by atoms with Crippen molar-refractivity contribution in [1.82, 2.24) is 10.2 Å². The maximum atomic E-state index is 12.3. The van der Waals surface area contributed by atoms with Gasteiger partial charge in [-0.05, 0) is 37.1 Å². The van der Waals surface area contributed by atoms with Gasteiger partial charge < -0.3 is 19.9 Å². The number of carbonyl (C=O) groups is 2. The molecule has 2 saturated heterocycles.